The van der Waals surface area contributed by atoms with E-state index in [1.807, 2.05) is 19.9 Å². The summed E-state index contributed by atoms with van der Waals surface area (Å²) in [7, 11) is -3.46. The molecule has 19 heavy (non-hydrogen) atoms. The zero-order valence-corrected chi connectivity index (χ0v) is 12.5. The third kappa shape index (κ3) is 2.77. The zero-order chi connectivity index (χ0) is 14.0. The molecule has 0 aliphatic carbocycles. The quantitative estimate of drug-likeness (QED) is 0.847. The summed E-state index contributed by atoms with van der Waals surface area (Å²) in [4.78, 5) is 0.300. The summed E-state index contributed by atoms with van der Waals surface area (Å²) in [5.41, 5.74) is 8.00. The van der Waals surface area contributed by atoms with Crippen molar-refractivity contribution in [3.8, 4) is 0 Å². The molecule has 0 spiro atoms. The number of rotatable bonds is 2. The summed E-state index contributed by atoms with van der Waals surface area (Å²) >= 11 is 0. The normalized spacial score (nSPS) is 18.2. The van der Waals surface area contributed by atoms with Gasteiger partial charge in [0.05, 0.1) is 5.69 Å². The molecule has 1 aromatic rings. The molecule has 0 atom stereocenters. The lowest BCUT2D eigenvalue weighted by Gasteiger charge is -2.22. The molecule has 4 nitrogen and oxygen atoms in total. The van der Waals surface area contributed by atoms with Gasteiger partial charge in [-0.25, -0.2) is 8.42 Å². The first-order chi connectivity index (χ1) is 8.94. The lowest BCUT2D eigenvalue weighted by molar-refractivity contribution is 0.423. The van der Waals surface area contributed by atoms with Crippen molar-refractivity contribution in [3.63, 3.8) is 0 Å². The van der Waals surface area contributed by atoms with E-state index in [-0.39, 0.29) is 0 Å². The van der Waals surface area contributed by atoms with Crippen LogP contribution in [0.15, 0.2) is 17.0 Å². The molecule has 0 saturated carbocycles. The van der Waals surface area contributed by atoms with E-state index >= 15 is 0 Å². The molecule has 2 rings (SSSR count). The molecule has 1 heterocycles. The molecule has 1 aromatic carbocycles. The number of benzene rings is 1. The molecule has 1 fully saturated rings. The molecule has 0 unspecified atom stereocenters. The molecule has 1 saturated heterocycles. The van der Waals surface area contributed by atoms with Crippen molar-refractivity contribution >= 4 is 15.7 Å². The van der Waals surface area contributed by atoms with Crippen LogP contribution in [0.1, 0.15) is 36.8 Å². The van der Waals surface area contributed by atoms with Crippen LogP contribution in [-0.2, 0) is 10.0 Å². The Labute approximate surface area is 115 Å². The Morgan fingerprint density at radius 1 is 1.05 bits per heavy atom. The highest BCUT2D eigenvalue weighted by molar-refractivity contribution is 7.89. The first-order valence-electron chi connectivity index (χ1n) is 6.80. The van der Waals surface area contributed by atoms with Crippen molar-refractivity contribution in [2.45, 2.75) is 44.4 Å². The highest BCUT2D eigenvalue weighted by atomic mass is 32.2. The van der Waals surface area contributed by atoms with Gasteiger partial charge in [0.2, 0.25) is 10.0 Å². The Balaban J connectivity index is 2.47. The molecule has 0 amide bonds. The third-order valence-corrected chi connectivity index (χ3v) is 5.97. The fourth-order valence-corrected chi connectivity index (χ4v) is 4.48. The van der Waals surface area contributed by atoms with Gasteiger partial charge in [0.25, 0.3) is 0 Å². The van der Waals surface area contributed by atoms with Crippen molar-refractivity contribution in [1.29, 1.82) is 0 Å². The van der Waals surface area contributed by atoms with Crippen LogP contribution in [0.5, 0.6) is 0 Å². The maximum atomic E-state index is 12.8. The first kappa shape index (κ1) is 14.3. The second-order valence-corrected chi connectivity index (χ2v) is 7.12. The number of anilines is 1. The molecule has 1 aliphatic heterocycles. The molecule has 2 N–H and O–H groups in total. The summed E-state index contributed by atoms with van der Waals surface area (Å²) in [5, 5.41) is 0. The fourth-order valence-electron chi connectivity index (χ4n) is 2.56. The SMILES string of the molecule is Cc1ccc(N)c(S(=O)(=O)N2CCCCCC2)c1C. The number of nitrogens with two attached hydrogens (primary N) is 1. The molecule has 1 aliphatic rings. The minimum atomic E-state index is -3.46. The predicted molar refractivity (Wildman–Crippen MR) is 77.6 cm³/mol. The van der Waals surface area contributed by atoms with Crippen molar-refractivity contribution in [1.82, 2.24) is 4.31 Å². The number of sulfonamides is 1. The van der Waals surface area contributed by atoms with E-state index in [1.165, 1.54) is 0 Å². The van der Waals surface area contributed by atoms with Crippen LogP contribution in [0.3, 0.4) is 0 Å². The van der Waals surface area contributed by atoms with Crippen LogP contribution < -0.4 is 5.73 Å². The number of nitrogens with zero attached hydrogens (tertiary/aromatic N) is 1. The topological polar surface area (TPSA) is 63.4 Å². The highest BCUT2D eigenvalue weighted by Gasteiger charge is 2.28. The summed E-state index contributed by atoms with van der Waals surface area (Å²) < 4.78 is 27.2. The van der Waals surface area contributed by atoms with E-state index in [2.05, 4.69) is 0 Å². The van der Waals surface area contributed by atoms with Crippen molar-refractivity contribution < 1.29 is 8.42 Å². The van der Waals surface area contributed by atoms with Crippen LogP contribution in [0, 0.1) is 13.8 Å². The van der Waals surface area contributed by atoms with Crippen molar-refractivity contribution in [2.75, 3.05) is 18.8 Å². The van der Waals surface area contributed by atoms with Gasteiger partial charge in [-0.05, 0) is 43.9 Å². The fraction of sp³-hybridized carbons (Fsp3) is 0.571. The van der Waals surface area contributed by atoms with Gasteiger partial charge in [-0.1, -0.05) is 18.9 Å². The van der Waals surface area contributed by atoms with E-state index in [9.17, 15) is 8.42 Å². The van der Waals surface area contributed by atoms with Crippen LogP contribution >= 0.6 is 0 Å². The van der Waals surface area contributed by atoms with Gasteiger partial charge in [-0.2, -0.15) is 4.31 Å². The number of hydrogen-bond donors (Lipinski definition) is 1. The van der Waals surface area contributed by atoms with Crippen LogP contribution in [0.4, 0.5) is 5.69 Å². The lowest BCUT2D eigenvalue weighted by atomic mass is 10.1. The maximum absolute atomic E-state index is 12.8. The van der Waals surface area contributed by atoms with E-state index < -0.39 is 10.0 Å². The Kier molecular flexibility index (Phi) is 4.16. The van der Waals surface area contributed by atoms with E-state index in [0.717, 1.165) is 36.8 Å². The second-order valence-electron chi connectivity index (χ2n) is 5.24. The van der Waals surface area contributed by atoms with Crippen LogP contribution in [0.25, 0.3) is 0 Å². The summed E-state index contributed by atoms with van der Waals surface area (Å²) in [6.07, 6.45) is 4.08. The third-order valence-electron chi connectivity index (χ3n) is 3.87. The molecule has 0 radical (unpaired) electrons. The second kappa shape index (κ2) is 5.51. The van der Waals surface area contributed by atoms with Crippen LogP contribution in [0.2, 0.25) is 0 Å². The van der Waals surface area contributed by atoms with Crippen LogP contribution in [-0.4, -0.2) is 25.8 Å². The van der Waals surface area contributed by atoms with Crippen molar-refractivity contribution in [3.05, 3.63) is 23.3 Å². The Morgan fingerprint density at radius 3 is 2.21 bits per heavy atom. The molecular weight excluding hydrogens is 260 g/mol. The van der Waals surface area contributed by atoms with E-state index in [1.54, 1.807) is 10.4 Å². The number of hydrogen-bond acceptors (Lipinski definition) is 3. The summed E-state index contributed by atoms with van der Waals surface area (Å²) in [5.74, 6) is 0. The lowest BCUT2D eigenvalue weighted by Crippen LogP contribution is -2.33. The smallest absolute Gasteiger partial charge is 0.245 e. The molecular formula is C14H22N2O2S. The highest BCUT2D eigenvalue weighted by Crippen LogP contribution is 2.29. The zero-order valence-electron chi connectivity index (χ0n) is 11.6. The Bertz CT molecular complexity index is 559. The van der Waals surface area contributed by atoms with Gasteiger partial charge < -0.3 is 5.73 Å². The number of nitrogen functional groups attached to an aromatic ring is 1. The molecule has 106 valence electrons. The maximum Gasteiger partial charge on any atom is 0.245 e. The van der Waals surface area contributed by atoms with Gasteiger partial charge >= 0.3 is 0 Å². The monoisotopic (exact) mass is 282 g/mol. The van der Waals surface area contributed by atoms with Gasteiger partial charge in [-0.15, -0.1) is 0 Å². The Hall–Kier alpha value is -1.07. The minimum Gasteiger partial charge on any atom is -0.398 e. The van der Waals surface area contributed by atoms with Gasteiger partial charge in [0.15, 0.2) is 0 Å². The first-order valence-corrected chi connectivity index (χ1v) is 8.24. The van der Waals surface area contributed by atoms with Gasteiger partial charge in [0, 0.05) is 13.1 Å². The van der Waals surface area contributed by atoms with Gasteiger partial charge in [-0.3, -0.25) is 0 Å². The Morgan fingerprint density at radius 2 is 1.63 bits per heavy atom. The summed E-state index contributed by atoms with van der Waals surface area (Å²) in [6, 6.07) is 3.55. The summed E-state index contributed by atoms with van der Waals surface area (Å²) in [6.45, 7) is 4.96. The molecule has 5 heteroatoms. The molecule has 0 bridgehead atoms. The molecule has 0 aromatic heterocycles. The largest absolute Gasteiger partial charge is 0.398 e. The van der Waals surface area contributed by atoms with Gasteiger partial charge in [0.1, 0.15) is 4.90 Å². The predicted octanol–water partition coefficient (Wildman–Crippen LogP) is 2.45. The van der Waals surface area contributed by atoms with E-state index in [0.29, 0.717) is 23.7 Å². The minimum absolute atomic E-state index is 0.300. The average Bonchev–Trinajstić information content (AvgIpc) is 2.63. The standard InChI is InChI=1S/C14H22N2O2S/c1-11-7-8-13(15)14(12(11)2)19(17,18)16-9-5-3-4-6-10-16/h7-8H,3-6,9-10,15H2,1-2H3. The average molecular weight is 282 g/mol. The van der Waals surface area contributed by atoms with Crippen molar-refractivity contribution in [2.24, 2.45) is 0 Å². The number of aryl methyl sites for hydroxylation is 1. The van der Waals surface area contributed by atoms with E-state index in [4.69, 9.17) is 5.73 Å².